The van der Waals surface area contributed by atoms with Crippen molar-refractivity contribution in [3.8, 4) is 6.07 Å². The summed E-state index contributed by atoms with van der Waals surface area (Å²) in [4.78, 5) is 12.5. The Morgan fingerprint density at radius 2 is 1.97 bits per heavy atom. The number of unbranched alkanes of at least 4 members (excludes halogenated alkanes) is 1. The average Bonchev–Trinajstić information content (AvgIpc) is 3.31. The van der Waals surface area contributed by atoms with Gasteiger partial charge in [-0.1, -0.05) is 57.5 Å². The van der Waals surface area contributed by atoms with Crippen LogP contribution in [-0.2, 0) is 19.5 Å². The highest BCUT2D eigenvalue weighted by Crippen LogP contribution is 2.30. The van der Waals surface area contributed by atoms with Crippen molar-refractivity contribution in [2.75, 3.05) is 18.0 Å². The molecule has 2 aromatic carbocycles. The van der Waals surface area contributed by atoms with Gasteiger partial charge in [0, 0.05) is 31.0 Å². The largest absolute Gasteiger partial charge is 0.364 e. The van der Waals surface area contributed by atoms with E-state index >= 15 is 0 Å². The smallest absolute Gasteiger partial charge is 0.0991 e. The lowest BCUT2D eigenvalue weighted by Gasteiger charge is -2.32. The second-order valence-corrected chi connectivity index (χ2v) is 8.08. The predicted molar refractivity (Wildman–Crippen MR) is 131 cm³/mol. The molecule has 2 heterocycles. The number of hydrogen-bond acceptors (Lipinski definition) is 4. The number of H-pyrrole nitrogens is 1. The fourth-order valence-corrected chi connectivity index (χ4v) is 4.34. The van der Waals surface area contributed by atoms with Crippen molar-refractivity contribution in [1.29, 1.82) is 5.26 Å². The highest BCUT2D eigenvalue weighted by atomic mass is 15.2. The summed E-state index contributed by atoms with van der Waals surface area (Å²) in [7, 11) is 0. The Hall–Kier alpha value is -3.10. The van der Waals surface area contributed by atoms with Gasteiger partial charge in [0.05, 0.1) is 30.2 Å². The van der Waals surface area contributed by atoms with E-state index < -0.39 is 0 Å². The number of benzene rings is 2. The van der Waals surface area contributed by atoms with Gasteiger partial charge >= 0.3 is 0 Å². The van der Waals surface area contributed by atoms with Crippen LogP contribution in [0.3, 0.4) is 0 Å². The summed E-state index contributed by atoms with van der Waals surface area (Å²) < 4.78 is 0. The Morgan fingerprint density at radius 1 is 1.16 bits per heavy atom. The normalized spacial score (nSPS) is 15.8. The molecule has 5 nitrogen and oxygen atoms in total. The van der Waals surface area contributed by atoms with Gasteiger partial charge in [0.2, 0.25) is 0 Å². The second kappa shape index (κ2) is 12.1. The molecule has 1 atom stereocenters. The Bertz CT molecular complexity index is 975. The third-order valence-corrected chi connectivity index (χ3v) is 5.90. The molecule has 0 spiro atoms. The van der Waals surface area contributed by atoms with E-state index in [4.69, 9.17) is 0 Å². The fourth-order valence-electron chi connectivity index (χ4n) is 4.34. The number of aromatic amines is 1. The van der Waals surface area contributed by atoms with Crippen LogP contribution in [0.5, 0.6) is 0 Å². The van der Waals surface area contributed by atoms with Gasteiger partial charge in [-0.2, -0.15) is 5.26 Å². The van der Waals surface area contributed by atoms with E-state index in [-0.39, 0.29) is 0 Å². The average molecular weight is 430 g/mol. The van der Waals surface area contributed by atoms with Crippen molar-refractivity contribution < 1.29 is 0 Å². The molecule has 0 amide bonds. The van der Waals surface area contributed by atoms with Gasteiger partial charge in [-0.25, -0.2) is 4.98 Å². The van der Waals surface area contributed by atoms with Gasteiger partial charge in [-0.15, -0.1) is 0 Å². The highest BCUT2D eigenvalue weighted by Gasteiger charge is 2.28. The number of aromatic nitrogens is 2. The molecule has 32 heavy (non-hydrogen) atoms. The standard InChI is InChI=1S/C25H29N5.C2H6/c1-2-3-11-29-16-22-12-21(14-26)9-10-25(22)30(17-23-15-27-19-28-23)18-24(29)13-20-7-5-4-6-8-20;1-2/h4-10,12,15,19,24H,2-3,11,13,16-18H2,1H3,(H,27,28);1-2H3/t24-;/m1./s1. The van der Waals surface area contributed by atoms with Crippen molar-refractivity contribution in [2.24, 2.45) is 0 Å². The molecule has 1 aromatic heterocycles. The molecule has 5 heteroatoms. The third kappa shape index (κ3) is 5.99. The molecule has 0 bridgehead atoms. The zero-order valence-corrected chi connectivity index (χ0v) is 19.6. The minimum atomic E-state index is 0.403. The summed E-state index contributed by atoms with van der Waals surface area (Å²) in [5, 5.41) is 9.45. The van der Waals surface area contributed by atoms with Crippen LogP contribution < -0.4 is 4.90 Å². The van der Waals surface area contributed by atoms with Gasteiger partial charge in [-0.05, 0) is 48.7 Å². The van der Waals surface area contributed by atoms with Crippen molar-refractivity contribution >= 4 is 5.69 Å². The van der Waals surface area contributed by atoms with E-state index in [9.17, 15) is 5.26 Å². The zero-order chi connectivity index (χ0) is 22.8. The Morgan fingerprint density at radius 3 is 2.66 bits per heavy atom. The number of hydrogen-bond donors (Lipinski definition) is 1. The monoisotopic (exact) mass is 429 g/mol. The maximum Gasteiger partial charge on any atom is 0.0991 e. The third-order valence-electron chi connectivity index (χ3n) is 5.90. The van der Waals surface area contributed by atoms with Crippen LogP contribution in [-0.4, -0.2) is 34.0 Å². The maximum absolute atomic E-state index is 9.45. The first-order valence-corrected chi connectivity index (χ1v) is 11.8. The topological polar surface area (TPSA) is 59.0 Å². The summed E-state index contributed by atoms with van der Waals surface area (Å²) in [6.07, 6.45) is 7.01. The van der Waals surface area contributed by atoms with Crippen LogP contribution in [0.4, 0.5) is 5.69 Å². The SMILES string of the molecule is CC.CCCCN1Cc2cc(C#N)ccc2N(Cc2cnc[nH]2)C[C@H]1Cc1ccccc1. The van der Waals surface area contributed by atoms with Crippen molar-refractivity contribution in [1.82, 2.24) is 14.9 Å². The first kappa shape index (κ1) is 23.6. The summed E-state index contributed by atoms with van der Waals surface area (Å²) >= 11 is 0. The molecule has 0 fully saturated rings. The summed E-state index contributed by atoms with van der Waals surface area (Å²) in [6.45, 7) is 9.92. The van der Waals surface area contributed by atoms with E-state index in [1.165, 1.54) is 29.7 Å². The summed E-state index contributed by atoms with van der Waals surface area (Å²) in [5.74, 6) is 0. The molecule has 0 aliphatic carbocycles. The Balaban J connectivity index is 0.00000141. The number of nitriles is 1. The number of rotatable bonds is 7. The molecule has 4 rings (SSSR count). The van der Waals surface area contributed by atoms with Crippen LogP contribution in [0.25, 0.3) is 0 Å². The Labute approximate surface area is 192 Å². The lowest BCUT2D eigenvalue weighted by Crippen LogP contribution is -2.43. The maximum atomic E-state index is 9.45. The molecule has 0 saturated heterocycles. The van der Waals surface area contributed by atoms with E-state index in [0.717, 1.165) is 43.9 Å². The fraction of sp³-hybridized carbons (Fsp3) is 0.407. The van der Waals surface area contributed by atoms with Gasteiger partial charge in [0.25, 0.3) is 0 Å². The molecule has 1 aliphatic rings. The molecule has 0 unspecified atom stereocenters. The number of nitrogens with one attached hydrogen (secondary N) is 1. The minimum Gasteiger partial charge on any atom is -0.364 e. The van der Waals surface area contributed by atoms with Crippen LogP contribution in [0.2, 0.25) is 0 Å². The van der Waals surface area contributed by atoms with Gasteiger partial charge in [-0.3, -0.25) is 4.90 Å². The van der Waals surface area contributed by atoms with Crippen LogP contribution in [0.1, 0.15) is 56.0 Å². The lowest BCUT2D eigenvalue weighted by atomic mass is 10.0. The first-order valence-electron chi connectivity index (χ1n) is 11.8. The predicted octanol–water partition coefficient (Wildman–Crippen LogP) is 5.54. The molecule has 1 aliphatic heterocycles. The van der Waals surface area contributed by atoms with Gasteiger partial charge in [0.15, 0.2) is 0 Å². The first-order chi connectivity index (χ1) is 15.8. The van der Waals surface area contributed by atoms with Crippen LogP contribution in [0.15, 0.2) is 61.1 Å². The quantitative estimate of drug-likeness (QED) is 0.536. The summed E-state index contributed by atoms with van der Waals surface area (Å²) in [5.41, 5.74) is 5.66. The van der Waals surface area contributed by atoms with E-state index in [0.29, 0.717) is 6.04 Å². The van der Waals surface area contributed by atoms with E-state index in [1.54, 1.807) is 6.33 Å². The van der Waals surface area contributed by atoms with E-state index in [2.05, 4.69) is 75.2 Å². The van der Waals surface area contributed by atoms with Crippen molar-refractivity contribution in [3.05, 3.63) is 83.4 Å². The Kier molecular flexibility index (Phi) is 8.89. The summed E-state index contributed by atoms with van der Waals surface area (Å²) in [6, 6.07) is 19.6. The number of anilines is 1. The number of fused-ring (bicyclic) bond motifs is 1. The molecular formula is C27H35N5. The molecule has 168 valence electrons. The van der Waals surface area contributed by atoms with Crippen LogP contribution >= 0.6 is 0 Å². The van der Waals surface area contributed by atoms with Gasteiger partial charge < -0.3 is 9.88 Å². The van der Waals surface area contributed by atoms with Crippen LogP contribution in [0, 0.1) is 11.3 Å². The van der Waals surface area contributed by atoms with E-state index in [1.807, 2.05) is 26.1 Å². The molecular weight excluding hydrogens is 394 g/mol. The molecule has 1 N–H and O–H groups in total. The second-order valence-electron chi connectivity index (χ2n) is 8.08. The molecule has 0 saturated carbocycles. The number of nitrogens with zero attached hydrogens (tertiary/aromatic N) is 4. The number of imidazole rings is 1. The minimum absolute atomic E-state index is 0.403. The molecule has 0 radical (unpaired) electrons. The van der Waals surface area contributed by atoms with Crippen molar-refractivity contribution in [2.45, 2.75) is 59.2 Å². The highest BCUT2D eigenvalue weighted by molar-refractivity contribution is 5.58. The lowest BCUT2D eigenvalue weighted by molar-refractivity contribution is 0.190. The van der Waals surface area contributed by atoms with Gasteiger partial charge in [0.1, 0.15) is 0 Å². The zero-order valence-electron chi connectivity index (χ0n) is 19.6. The van der Waals surface area contributed by atoms with Crippen molar-refractivity contribution in [3.63, 3.8) is 0 Å². The molecule has 3 aromatic rings.